The number of rotatable bonds is 5. The predicted octanol–water partition coefficient (Wildman–Crippen LogP) is 2.87. The summed E-state index contributed by atoms with van der Waals surface area (Å²) in [5.41, 5.74) is 0.0969. The van der Waals surface area contributed by atoms with Crippen LogP contribution in [-0.4, -0.2) is 30.1 Å². The second-order valence-corrected chi connectivity index (χ2v) is 8.99. The van der Waals surface area contributed by atoms with Crippen LogP contribution in [0, 0.1) is 10.1 Å². The molecule has 1 aliphatic rings. The van der Waals surface area contributed by atoms with Gasteiger partial charge in [0, 0.05) is 23.4 Å². The van der Waals surface area contributed by atoms with Crippen LogP contribution in [0.3, 0.4) is 0 Å². The largest absolute Gasteiger partial charge is 0.507 e. The van der Waals surface area contributed by atoms with Gasteiger partial charge in [-0.25, -0.2) is 13.6 Å². The van der Waals surface area contributed by atoms with Crippen LogP contribution in [0.4, 0.5) is 11.4 Å². The molecule has 11 heteroatoms. The van der Waals surface area contributed by atoms with Crippen LogP contribution in [0.1, 0.15) is 17.2 Å². The fourth-order valence-electron chi connectivity index (χ4n) is 3.77. The zero-order valence-corrected chi connectivity index (χ0v) is 18.2. The molecule has 0 bridgehead atoms. The normalized spacial score (nSPS) is 17.7. The Morgan fingerprint density at radius 3 is 2.21 bits per heavy atom. The molecule has 1 fully saturated rings. The number of anilines is 1. The van der Waals surface area contributed by atoms with Crippen molar-refractivity contribution in [1.82, 2.24) is 0 Å². The van der Waals surface area contributed by atoms with Gasteiger partial charge < -0.3 is 5.11 Å². The van der Waals surface area contributed by atoms with Crippen molar-refractivity contribution in [3.8, 4) is 0 Å². The minimum atomic E-state index is -4.00. The van der Waals surface area contributed by atoms with Gasteiger partial charge in [0.1, 0.15) is 5.76 Å². The minimum absolute atomic E-state index is 0.137. The molecule has 1 aliphatic heterocycles. The molecule has 0 radical (unpaired) electrons. The molecule has 0 aromatic heterocycles. The number of hydrogen-bond donors (Lipinski definition) is 2. The van der Waals surface area contributed by atoms with Crippen LogP contribution in [0.15, 0.2) is 89.3 Å². The van der Waals surface area contributed by atoms with E-state index in [-0.39, 0.29) is 33.0 Å². The number of amides is 1. The van der Waals surface area contributed by atoms with Gasteiger partial charge in [-0.05, 0) is 29.8 Å². The molecular weight excluding hydrogens is 462 g/mol. The van der Waals surface area contributed by atoms with Crippen LogP contribution in [-0.2, 0) is 19.6 Å². The van der Waals surface area contributed by atoms with Gasteiger partial charge in [-0.2, -0.15) is 0 Å². The van der Waals surface area contributed by atoms with Gasteiger partial charge in [0.15, 0.2) is 0 Å². The number of nitrogens with zero attached hydrogens (tertiary/aromatic N) is 2. The van der Waals surface area contributed by atoms with E-state index >= 15 is 0 Å². The van der Waals surface area contributed by atoms with Gasteiger partial charge in [0.2, 0.25) is 10.0 Å². The third kappa shape index (κ3) is 4.05. The number of sulfonamides is 1. The third-order valence-corrected chi connectivity index (χ3v) is 6.26. The summed E-state index contributed by atoms with van der Waals surface area (Å²) in [6.07, 6.45) is 0. The Hall–Kier alpha value is -4.35. The van der Waals surface area contributed by atoms with Gasteiger partial charge in [-0.3, -0.25) is 24.6 Å². The highest BCUT2D eigenvalue weighted by Crippen LogP contribution is 2.42. The van der Waals surface area contributed by atoms with E-state index in [1.165, 1.54) is 48.5 Å². The van der Waals surface area contributed by atoms with Crippen LogP contribution in [0.2, 0.25) is 0 Å². The highest BCUT2D eigenvalue weighted by atomic mass is 32.2. The SMILES string of the molecule is NS(=O)(=O)c1ccc(N2C(=O)C(=O)C(=C(O)c3ccccc3)C2c2cccc([N+](=O)[O-])c2)cc1. The lowest BCUT2D eigenvalue weighted by Crippen LogP contribution is -2.29. The number of nitrogens with two attached hydrogens (primary N) is 1. The van der Waals surface area contributed by atoms with E-state index in [2.05, 4.69) is 0 Å². The molecule has 0 aliphatic carbocycles. The number of benzene rings is 3. The van der Waals surface area contributed by atoms with Gasteiger partial charge in [0.05, 0.1) is 21.4 Å². The lowest BCUT2D eigenvalue weighted by atomic mass is 9.95. The average molecular weight is 479 g/mol. The Labute approximate surface area is 193 Å². The summed E-state index contributed by atoms with van der Waals surface area (Å²) >= 11 is 0. The molecule has 1 amide bonds. The van der Waals surface area contributed by atoms with Gasteiger partial charge >= 0.3 is 0 Å². The first-order valence-corrected chi connectivity index (χ1v) is 11.4. The number of carbonyl (C=O) groups excluding carboxylic acids is 2. The standard InChI is InChI=1S/C23H17N3O7S/c24-34(32,33)18-11-9-16(10-12-18)25-20(15-7-4-8-17(13-15)26(30)31)19(22(28)23(25)29)21(27)14-5-2-1-3-6-14/h1-13,20,27H,(H2,24,32,33). The first-order chi connectivity index (χ1) is 16.1. The minimum Gasteiger partial charge on any atom is -0.507 e. The van der Waals surface area contributed by atoms with Crippen LogP contribution in [0.25, 0.3) is 5.76 Å². The van der Waals surface area contributed by atoms with Crippen molar-refractivity contribution >= 4 is 38.8 Å². The molecule has 4 rings (SSSR count). The van der Waals surface area contributed by atoms with E-state index < -0.39 is 38.4 Å². The summed E-state index contributed by atoms with van der Waals surface area (Å²) < 4.78 is 23.2. The summed E-state index contributed by atoms with van der Waals surface area (Å²) in [5.74, 6) is -2.43. The molecule has 3 N–H and O–H groups in total. The molecule has 0 spiro atoms. The first kappa shape index (κ1) is 22.8. The van der Waals surface area contributed by atoms with Gasteiger partial charge in [-0.1, -0.05) is 42.5 Å². The van der Waals surface area contributed by atoms with E-state index in [9.17, 15) is 33.2 Å². The number of primary sulfonamides is 1. The van der Waals surface area contributed by atoms with Crippen molar-refractivity contribution in [2.45, 2.75) is 10.9 Å². The molecule has 3 aromatic carbocycles. The van der Waals surface area contributed by atoms with Crippen molar-refractivity contribution in [2.75, 3.05) is 4.90 Å². The molecule has 1 atom stereocenters. The fraction of sp³-hybridized carbons (Fsp3) is 0.0435. The summed E-state index contributed by atoms with van der Waals surface area (Å²) in [6, 6.07) is 17.2. The molecule has 1 saturated heterocycles. The number of non-ortho nitro benzene ring substituents is 1. The Balaban J connectivity index is 1.95. The number of aliphatic hydroxyl groups excluding tert-OH is 1. The van der Waals surface area contributed by atoms with E-state index in [4.69, 9.17) is 5.14 Å². The molecule has 3 aromatic rings. The van der Waals surface area contributed by atoms with Crippen molar-refractivity contribution in [1.29, 1.82) is 0 Å². The second kappa shape index (κ2) is 8.54. The lowest BCUT2D eigenvalue weighted by molar-refractivity contribution is -0.384. The number of ketones is 1. The van der Waals surface area contributed by atoms with Crippen LogP contribution in [0.5, 0.6) is 0 Å². The maximum Gasteiger partial charge on any atom is 0.300 e. The lowest BCUT2D eigenvalue weighted by Gasteiger charge is -2.25. The zero-order chi connectivity index (χ0) is 24.6. The summed E-state index contributed by atoms with van der Waals surface area (Å²) in [4.78, 5) is 37.7. The topological polar surface area (TPSA) is 161 Å². The monoisotopic (exact) mass is 479 g/mol. The number of nitro benzene ring substituents is 1. The molecule has 34 heavy (non-hydrogen) atoms. The van der Waals surface area contributed by atoms with E-state index in [0.717, 1.165) is 4.90 Å². The molecule has 1 heterocycles. The number of Topliss-reactive ketones (excluding diaryl/α,β-unsaturated/α-hetero) is 1. The number of aliphatic hydroxyl groups is 1. The predicted molar refractivity (Wildman–Crippen MR) is 122 cm³/mol. The summed E-state index contributed by atoms with van der Waals surface area (Å²) in [5, 5.41) is 27.5. The first-order valence-electron chi connectivity index (χ1n) is 9.83. The molecule has 10 nitrogen and oxygen atoms in total. The van der Waals surface area contributed by atoms with Crippen LogP contribution >= 0.6 is 0 Å². The van der Waals surface area contributed by atoms with Crippen molar-refractivity contribution in [3.63, 3.8) is 0 Å². The Morgan fingerprint density at radius 1 is 0.971 bits per heavy atom. The van der Waals surface area contributed by atoms with Crippen molar-refractivity contribution in [2.24, 2.45) is 5.14 Å². The summed E-state index contributed by atoms with van der Waals surface area (Å²) in [6.45, 7) is 0. The van der Waals surface area contributed by atoms with Gasteiger partial charge in [-0.15, -0.1) is 0 Å². The molecule has 0 saturated carbocycles. The highest BCUT2D eigenvalue weighted by molar-refractivity contribution is 7.89. The highest BCUT2D eigenvalue weighted by Gasteiger charge is 2.47. The number of hydrogen-bond acceptors (Lipinski definition) is 7. The van der Waals surface area contributed by atoms with Crippen LogP contribution < -0.4 is 10.0 Å². The molecule has 172 valence electrons. The second-order valence-electron chi connectivity index (χ2n) is 7.43. The van der Waals surface area contributed by atoms with E-state index in [1.807, 2.05) is 0 Å². The van der Waals surface area contributed by atoms with Crippen molar-refractivity contribution in [3.05, 3.63) is 106 Å². The average Bonchev–Trinajstić information content (AvgIpc) is 3.09. The Bertz CT molecular complexity index is 1450. The van der Waals surface area contributed by atoms with Gasteiger partial charge in [0.25, 0.3) is 17.4 Å². The van der Waals surface area contributed by atoms with E-state index in [1.54, 1.807) is 30.3 Å². The summed E-state index contributed by atoms with van der Waals surface area (Å²) in [7, 11) is -4.00. The number of carbonyl (C=O) groups is 2. The fourth-order valence-corrected chi connectivity index (χ4v) is 4.29. The van der Waals surface area contributed by atoms with Crippen molar-refractivity contribution < 1.29 is 28.0 Å². The quantitative estimate of drug-likeness (QED) is 0.187. The Morgan fingerprint density at radius 2 is 1.62 bits per heavy atom. The molecular formula is C23H17N3O7S. The molecule has 1 unspecified atom stereocenters. The maximum atomic E-state index is 13.1. The smallest absolute Gasteiger partial charge is 0.300 e. The maximum absolute atomic E-state index is 13.1. The third-order valence-electron chi connectivity index (χ3n) is 5.33. The Kier molecular flexibility index (Phi) is 5.73. The van der Waals surface area contributed by atoms with E-state index in [0.29, 0.717) is 0 Å². The number of nitro groups is 1. The zero-order valence-electron chi connectivity index (χ0n) is 17.4.